The van der Waals surface area contributed by atoms with Crippen LogP contribution >= 0.6 is 0 Å². The highest BCUT2D eigenvalue weighted by molar-refractivity contribution is 5.87. The number of hydrogen-bond donors (Lipinski definition) is 1. The highest BCUT2D eigenvalue weighted by atomic mass is 16.4. The molecule has 0 aliphatic heterocycles. The predicted molar refractivity (Wildman–Crippen MR) is 49.6 cm³/mol. The molecule has 0 bridgehead atoms. The second-order valence-electron chi connectivity index (χ2n) is 3.71. The minimum absolute atomic E-state index is 0.139. The molecule has 0 aromatic carbocycles. The molecule has 5 heteroatoms. The fraction of sp³-hybridized carbons (Fsp3) is 0.556. The Hall–Kier alpha value is -1.52. The van der Waals surface area contributed by atoms with E-state index >= 15 is 0 Å². The lowest BCUT2D eigenvalue weighted by Gasteiger charge is -2.00. The molecule has 5 nitrogen and oxygen atoms in total. The average molecular weight is 196 g/mol. The topological polar surface area (TPSA) is 64.2 Å². The lowest BCUT2D eigenvalue weighted by molar-refractivity contribution is 0.0684. The van der Waals surface area contributed by atoms with Gasteiger partial charge in [-0.3, -0.25) is 9.13 Å². The highest BCUT2D eigenvalue weighted by Crippen LogP contribution is 2.40. The zero-order chi connectivity index (χ0) is 10.5. The van der Waals surface area contributed by atoms with Crippen LogP contribution in [0.2, 0.25) is 0 Å². The normalized spacial score (nSPS) is 15.9. The van der Waals surface area contributed by atoms with Crippen molar-refractivity contribution in [2.24, 2.45) is 14.1 Å². The van der Waals surface area contributed by atoms with Crippen LogP contribution in [0, 0.1) is 0 Å². The van der Waals surface area contributed by atoms with Crippen molar-refractivity contribution in [2.75, 3.05) is 0 Å². The van der Waals surface area contributed by atoms with E-state index < -0.39 is 5.97 Å². The van der Waals surface area contributed by atoms with Crippen molar-refractivity contribution >= 4 is 5.97 Å². The first-order valence-corrected chi connectivity index (χ1v) is 4.53. The van der Waals surface area contributed by atoms with Crippen molar-refractivity contribution < 1.29 is 9.90 Å². The highest BCUT2D eigenvalue weighted by Gasteiger charge is 2.33. The van der Waals surface area contributed by atoms with Gasteiger partial charge in [0.2, 0.25) is 0 Å². The first kappa shape index (κ1) is 9.05. The number of carboxylic acids is 1. The van der Waals surface area contributed by atoms with E-state index in [0.717, 1.165) is 12.8 Å². The molecular formula is C9H12N2O3. The number of imidazole rings is 1. The first-order valence-electron chi connectivity index (χ1n) is 4.53. The standard InChI is InChI=1S/C9H12N2O3/c1-10-6(5-3-4-5)7(8(12)13)11(2)9(10)14/h5H,3-4H2,1-2H3,(H,12,13). The van der Waals surface area contributed by atoms with Gasteiger partial charge in [-0.25, -0.2) is 9.59 Å². The summed E-state index contributed by atoms with van der Waals surface area (Å²) in [7, 11) is 3.13. The summed E-state index contributed by atoms with van der Waals surface area (Å²) >= 11 is 0. The van der Waals surface area contributed by atoms with Gasteiger partial charge in [-0.1, -0.05) is 0 Å². The number of nitrogens with zero attached hydrogens (tertiary/aromatic N) is 2. The molecule has 1 aromatic heterocycles. The summed E-state index contributed by atoms with van der Waals surface area (Å²) in [5.74, 6) is -0.757. The van der Waals surface area contributed by atoms with Gasteiger partial charge in [-0.05, 0) is 12.8 Å². The molecular weight excluding hydrogens is 184 g/mol. The van der Waals surface area contributed by atoms with Gasteiger partial charge in [-0.15, -0.1) is 0 Å². The summed E-state index contributed by atoms with van der Waals surface area (Å²) in [5.41, 5.74) is 0.550. The third-order valence-electron chi connectivity index (χ3n) is 2.68. The minimum atomic E-state index is -1.02. The van der Waals surface area contributed by atoms with E-state index in [1.807, 2.05) is 0 Å². The Morgan fingerprint density at radius 2 is 1.93 bits per heavy atom. The van der Waals surface area contributed by atoms with E-state index in [0.29, 0.717) is 5.69 Å². The van der Waals surface area contributed by atoms with Crippen LogP contribution in [0.15, 0.2) is 4.79 Å². The molecule has 76 valence electrons. The molecule has 1 heterocycles. The van der Waals surface area contributed by atoms with Crippen molar-refractivity contribution in [1.82, 2.24) is 9.13 Å². The molecule has 0 radical (unpaired) electrons. The van der Waals surface area contributed by atoms with Gasteiger partial charge in [0.15, 0.2) is 5.69 Å². The van der Waals surface area contributed by atoms with Crippen LogP contribution in [-0.2, 0) is 14.1 Å². The fourth-order valence-electron chi connectivity index (χ4n) is 1.83. The number of aromatic carboxylic acids is 1. The van der Waals surface area contributed by atoms with E-state index in [2.05, 4.69) is 0 Å². The molecule has 0 saturated heterocycles. The molecule has 1 N–H and O–H groups in total. The maximum Gasteiger partial charge on any atom is 0.354 e. The Bertz CT molecular complexity index is 451. The number of hydrogen-bond acceptors (Lipinski definition) is 2. The van der Waals surface area contributed by atoms with Crippen LogP contribution in [0.1, 0.15) is 34.9 Å². The Kier molecular flexibility index (Phi) is 1.77. The zero-order valence-corrected chi connectivity index (χ0v) is 8.15. The summed E-state index contributed by atoms with van der Waals surface area (Å²) in [5, 5.41) is 8.99. The third kappa shape index (κ3) is 1.08. The van der Waals surface area contributed by atoms with E-state index in [4.69, 9.17) is 5.11 Å². The molecule has 2 rings (SSSR count). The molecule has 1 aliphatic rings. The van der Waals surface area contributed by atoms with Crippen LogP contribution in [0.5, 0.6) is 0 Å². The number of carbonyl (C=O) groups is 1. The van der Waals surface area contributed by atoms with Crippen LogP contribution in [0.4, 0.5) is 0 Å². The van der Waals surface area contributed by atoms with Gasteiger partial charge < -0.3 is 5.11 Å². The average Bonchev–Trinajstić information content (AvgIpc) is 2.90. The summed E-state index contributed by atoms with van der Waals surface area (Å²) in [6.07, 6.45) is 1.97. The van der Waals surface area contributed by atoms with E-state index in [1.165, 1.54) is 16.2 Å². The lowest BCUT2D eigenvalue weighted by atomic mass is 10.2. The minimum Gasteiger partial charge on any atom is -0.477 e. The van der Waals surface area contributed by atoms with Crippen LogP contribution in [-0.4, -0.2) is 20.2 Å². The molecule has 14 heavy (non-hydrogen) atoms. The quantitative estimate of drug-likeness (QED) is 0.739. The predicted octanol–water partition coefficient (Wildman–Crippen LogP) is 0.299. The molecule has 0 unspecified atom stereocenters. The van der Waals surface area contributed by atoms with Gasteiger partial charge >= 0.3 is 11.7 Å². The lowest BCUT2D eigenvalue weighted by Crippen LogP contribution is -2.21. The molecule has 1 aromatic rings. The van der Waals surface area contributed by atoms with Crippen molar-refractivity contribution in [2.45, 2.75) is 18.8 Å². The molecule has 1 fully saturated rings. The van der Waals surface area contributed by atoms with Crippen molar-refractivity contribution in [3.8, 4) is 0 Å². The largest absolute Gasteiger partial charge is 0.477 e. The van der Waals surface area contributed by atoms with E-state index in [1.54, 1.807) is 7.05 Å². The van der Waals surface area contributed by atoms with Crippen molar-refractivity contribution in [3.63, 3.8) is 0 Å². The summed E-state index contributed by atoms with van der Waals surface area (Å²) in [6, 6.07) is 0. The molecule has 1 aliphatic carbocycles. The van der Waals surface area contributed by atoms with Crippen molar-refractivity contribution in [1.29, 1.82) is 0 Å². The maximum absolute atomic E-state index is 11.5. The Balaban J connectivity index is 2.71. The SMILES string of the molecule is Cn1c(C(=O)O)c(C2CC2)n(C)c1=O. The van der Waals surface area contributed by atoms with Gasteiger partial charge in [0, 0.05) is 20.0 Å². The zero-order valence-electron chi connectivity index (χ0n) is 8.15. The Morgan fingerprint density at radius 3 is 2.36 bits per heavy atom. The van der Waals surface area contributed by atoms with Gasteiger partial charge in [0.05, 0.1) is 5.69 Å². The third-order valence-corrected chi connectivity index (χ3v) is 2.68. The molecule has 0 spiro atoms. The molecule has 1 saturated carbocycles. The second kappa shape index (κ2) is 2.73. The van der Waals surface area contributed by atoms with Crippen LogP contribution < -0.4 is 5.69 Å². The number of carboxylic acid groups (broad SMARTS) is 1. The maximum atomic E-state index is 11.5. The summed E-state index contributed by atoms with van der Waals surface area (Å²) < 4.78 is 2.65. The monoisotopic (exact) mass is 196 g/mol. The van der Waals surface area contributed by atoms with Gasteiger partial charge in [0.1, 0.15) is 0 Å². The van der Waals surface area contributed by atoms with Gasteiger partial charge in [-0.2, -0.15) is 0 Å². The number of rotatable bonds is 2. The smallest absolute Gasteiger partial charge is 0.354 e. The number of aromatic nitrogens is 2. The Labute approximate surface area is 80.6 Å². The first-order chi connectivity index (χ1) is 6.54. The van der Waals surface area contributed by atoms with Crippen molar-refractivity contribution in [3.05, 3.63) is 21.9 Å². The van der Waals surface area contributed by atoms with Gasteiger partial charge in [0.25, 0.3) is 0 Å². The van der Waals surface area contributed by atoms with Crippen LogP contribution in [0.25, 0.3) is 0 Å². The summed E-state index contributed by atoms with van der Waals surface area (Å²) in [4.78, 5) is 22.5. The Morgan fingerprint density at radius 1 is 1.36 bits per heavy atom. The van der Waals surface area contributed by atoms with Crippen LogP contribution in [0.3, 0.4) is 0 Å². The van der Waals surface area contributed by atoms with E-state index in [9.17, 15) is 9.59 Å². The fourth-order valence-corrected chi connectivity index (χ4v) is 1.83. The van der Waals surface area contributed by atoms with E-state index in [-0.39, 0.29) is 17.3 Å². The second-order valence-corrected chi connectivity index (χ2v) is 3.71. The molecule has 0 amide bonds. The molecule has 0 atom stereocenters. The summed E-state index contributed by atoms with van der Waals surface area (Å²) in [6.45, 7) is 0.